The van der Waals surface area contributed by atoms with Gasteiger partial charge in [0.05, 0.1) is 11.9 Å². The van der Waals surface area contributed by atoms with Crippen molar-refractivity contribution in [1.29, 1.82) is 0 Å². The van der Waals surface area contributed by atoms with Gasteiger partial charge in [-0.3, -0.25) is 0 Å². The highest BCUT2D eigenvalue weighted by atomic mass is 35.5. The Morgan fingerprint density at radius 3 is 2.71 bits per heavy atom. The lowest BCUT2D eigenvalue weighted by molar-refractivity contribution is 0.509. The molecule has 0 saturated carbocycles. The molecule has 88 valence electrons. The normalized spacial score (nSPS) is 10.3. The molecule has 2 aromatic rings. The first-order valence-electron chi connectivity index (χ1n) is 4.56. The van der Waals surface area contributed by atoms with Crippen LogP contribution in [0.2, 0.25) is 5.28 Å². The maximum atomic E-state index is 13.0. The summed E-state index contributed by atoms with van der Waals surface area (Å²) >= 11 is 5.59. The van der Waals surface area contributed by atoms with Crippen LogP contribution in [0.5, 0.6) is 0 Å². The van der Waals surface area contributed by atoms with Crippen molar-refractivity contribution in [1.82, 2.24) is 9.97 Å². The van der Waals surface area contributed by atoms with Crippen molar-refractivity contribution in [2.24, 2.45) is 0 Å². The van der Waals surface area contributed by atoms with Gasteiger partial charge in [0, 0.05) is 11.8 Å². The average molecular weight is 257 g/mol. The summed E-state index contributed by atoms with van der Waals surface area (Å²) in [5, 5.41) is 2.72. The molecule has 0 bridgehead atoms. The van der Waals surface area contributed by atoms with E-state index in [1.165, 1.54) is 12.3 Å². The smallest absolute Gasteiger partial charge is 0.224 e. The second-order valence-corrected chi connectivity index (χ2v) is 3.53. The Morgan fingerprint density at radius 2 is 2.00 bits per heavy atom. The van der Waals surface area contributed by atoms with E-state index in [9.17, 15) is 8.78 Å². The summed E-state index contributed by atoms with van der Waals surface area (Å²) in [6, 6.07) is 3.34. The molecule has 0 unspecified atom stereocenters. The number of hydrogen-bond donors (Lipinski definition) is 2. The molecule has 1 heterocycles. The maximum absolute atomic E-state index is 13.0. The fourth-order valence-corrected chi connectivity index (χ4v) is 1.31. The number of aromatic nitrogens is 2. The van der Waals surface area contributed by atoms with Crippen molar-refractivity contribution in [2.75, 3.05) is 11.1 Å². The molecule has 17 heavy (non-hydrogen) atoms. The third-order valence-corrected chi connectivity index (χ3v) is 2.15. The predicted molar refractivity (Wildman–Crippen MR) is 61.1 cm³/mol. The highest BCUT2D eigenvalue weighted by Crippen LogP contribution is 2.22. The van der Waals surface area contributed by atoms with Gasteiger partial charge in [0.15, 0.2) is 17.5 Å². The molecule has 0 saturated heterocycles. The zero-order valence-electron chi connectivity index (χ0n) is 8.42. The molecule has 0 spiro atoms. The number of nitrogen functional groups attached to an aromatic ring is 1. The highest BCUT2D eigenvalue weighted by molar-refractivity contribution is 6.28. The predicted octanol–water partition coefficient (Wildman–Crippen LogP) is 2.73. The second-order valence-electron chi connectivity index (χ2n) is 3.20. The van der Waals surface area contributed by atoms with Gasteiger partial charge in [-0.25, -0.2) is 13.8 Å². The molecule has 0 aliphatic carbocycles. The third kappa shape index (κ3) is 2.59. The van der Waals surface area contributed by atoms with Gasteiger partial charge in [0.2, 0.25) is 5.28 Å². The van der Waals surface area contributed by atoms with Crippen LogP contribution in [0.15, 0.2) is 24.4 Å². The number of nitrogens with one attached hydrogen (secondary N) is 1. The van der Waals surface area contributed by atoms with E-state index >= 15 is 0 Å². The van der Waals surface area contributed by atoms with E-state index in [-0.39, 0.29) is 16.8 Å². The first-order chi connectivity index (χ1) is 8.06. The van der Waals surface area contributed by atoms with Crippen LogP contribution >= 0.6 is 11.6 Å². The van der Waals surface area contributed by atoms with Gasteiger partial charge in [-0.05, 0) is 23.7 Å². The van der Waals surface area contributed by atoms with E-state index < -0.39 is 11.6 Å². The number of halogens is 3. The summed E-state index contributed by atoms with van der Waals surface area (Å²) in [5.41, 5.74) is 6.15. The van der Waals surface area contributed by atoms with Crippen LogP contribution in [-0.4, -0.2) is 9.97 Å². The molecule has 0 radical (unpaired) electrons. The van der Waals surface area contributed by atoms with E-state index in [4.69, 9.17) is 17.3 Å². The summed E-state index contributed by atoms with van der Waals surface area (Å²) in [4.78, 5) is 7.49. The number of rotatable bonds is 2. The molecule has 1 aromatic heterocycles. The Hall–Kier alpha value is -1.95. The molecule has 3 N–H and O–H groups in total. The van der Waals surface area contributed by atoms with Crippen LogP contribution in [0.3, 0.4) is 0 Å². The van der Waals surface area contributed by atoms with Gasteiger partial charge >= 0.3 is 0 Å². The minimum absolute atomic E-state index is 0.00397. The van der Waals surface area contributed by atoms with E-state index in [1.807, 2.05) is 0 Å². The van der Waals surface area contributed by atoms with Crippen LogP contribution in [0, 0.1) is 11.6 Å². The van der Waals surface area contributed by atoms with Crippen molar-refractivity contribution < 1.29 is 8.78 Å². The Labute approximate surface area is 100 Å². The molecule has 0 aliphatic rings. The number of benzene rings is 1. The first-order valence-corrected chi connectivity index (χ1v) is 4.94. The summed E-state index contributed by atoms with van der Waals surface area (Å²) < 4.78 is 25.7. The SMILES string of the molecule is Nc1cnc(Cl)nc1Nc1ccc(F)c(F)c1. The van der Waals surface area contributed by atoms with E-state index in [2.05, 4.69) is 15.3 Å². The molecule has 4 nitrogen and oxygen atoms in total. The first kappa shape index (κ1) is 11.5. The lowest BCUT2D eigenvalue weighted by Crippen LogP contribution is -2.01. The molecule has 7 heteroatoms. The molecule has 0 atom stereocenters. The maximum Gasteiger partial charge on any atom is 0.224 e. The number of anilines is 3. The van der Waals surface area contributed by atoms with Crippen LogP contribution in [-0.2, 0) is 0 Å². The molecule has 0 aliphatic heterocycles. The zero-order valence-corrected chi connectivity index (χ0v) is 9.17. The van der Waals surface area contributed by atoms with Gasteiger partial charge in [-0.15, -0.1) is 0 Å². The van der Waals surface area contributed by atoms with Crippen molar-refractivity contribution in [3.8, 4) is 0 Å². The Kier molecular flexibility index (Phi) is 3.06. The Morgan fingerprint density at radius 1 is 1.24 bits per heavy atom. The topological polar surface area (TPSA) is 63.8 Å². The van der Waals surface area contributed by atoms with E-state index in [0.717, 1.165) is 12.1 Å². The van der Waals surface area contributed by atoms with Gasteiger partial charge in [-0.2, -0.15) is 4.98 Å². The van der Waals surface area contributed by atoms with Crippen LogP contribution < -0.4 is 11.1 Å². The monoisotopic (exact) mass is 256 g/mol. The highest BCUT2D eigenvalue weighted by Gasteiger charge is 2.06. The fraction of sp³-hybridized carbons (Fsp3) is 0. The van der Waals surface area contributed by atoms with E-state index in [1.54, 1.807) is 0 Å². The van der Waals surface area contributed by atoms with E-state index in [0.29, 0.717) is 5.69 Å². The van der Waals surface area contributed by atoms with Crippen LogP contribution in [0.25, 0.3) is 0 Å². The summed E-state index contributed by atoms with van der Waals surface area (Å²) in [6.45, 7) is 0. The number of hydrogen-bond acceptors (Lipinski definition) is 4. The fourth-order valence-electron chi connectivity index (χ4n) is 1.18. The molecular formula is C10H7ClF2N4. The standard InChI is InChI=1S/C10H7ClF2N4/c11-10-15-4-8(14)9(17-10)16-5-1-2-6(12)7(13)3-5/h1-4H,14H2,(H,15,16,17). The third-order valence-electron chi connectivity index (χ3n) is 1.97. The van der Waals surface area contributed by atoms with Crippen LogP contribution in [0.1, 0.15) is 0 Å². The quantitative estimate of drug-likeness (QED) is 0.811. The summed E-state index contributed by atoms with van der Waals surface area (Å²) in [7, 11) is 0. The zero-order chi connectivity index (χ0) is 12.4. The number of nitrogens with zero attached hydrogens (tertiary/aromatic N) is 2. The second kappa shape index (κ2) is 4.50. The van der Waals surface area contributed by atoms with Gasteiger partial charge in [0.1, 0.15) is 0 Å². The minimum Gasteiger partial charge on any atom is -0.394 e. The van der Waals surface area contributed by atoms with Gasteiger partial charge in [-0.1, -0.05) is 0 Å². The van der Waals surface area contributed by atoms with Gasteiger partial charge in [0.25, 0.3) is 0 Å². The molecule has 2 rings (SSSR count). The Bertz CT molecular complexity index is 562. The number of nitrogens with two attached hydrogens (primary N) is 1. The van der Waals surface area contributed by atoms with Crippen molar-refractivity contribution in [2.45, 2.75) is 0 Å². The lowest BCUT2D eigenvalue weighted by Gasteiger charge is -2.08. The van der Waals surface area contributed by atoms with Crippen molar-refractivity contribution in [3.63, 3.8) is 0 Å². The minimum atomic E-state index is -0.964. The Balaban J connectivity index is 2.31. The summed E-state index contributed by atoms with van der Waals surface area (Å²) in [5.74, 6) is -1.66. The molecule has 0 fully saturated rings. The van der Waals surface area contributed by atoms with Crippen molar-refractivity contribution >= 4 is 28.8 Å². The van der Waals surface area contributed by atoms with Crippen LogP contribution in [0.4, 0.5) is 26.0 Å². The van der Waals surface area contributed by atoms with Gasteiger partial charge < -0.3 is 11.1 Å². The lowest BCUT2D eigenvalue weighted by atomic mass is 10.3. The summed E-state index contributed by atoms with van der Waals surface area (Å²) in [6.07, 6.45) is 1.32. The average Bonchev–Trinajstić information content (AvgIpc) is 2.29. The molecule has 1 aromatic carbocycles. The molecule has 0 amide bonds. The van der Waals surface area contributed by atoms with Crippen molar-refractivity contribution in [3.05, 3.63) is 41.3 Å². The largest absolute Gasteiger partial charge is 0.394 e. The molecular weight excluding hydrogens is 250 g/mol.